The van der Waals surface area contributed by atoms with Crippen LogP contribution in [-0.2, 0) is 7.05 Å². The molecule has 0 bridgehead atoms. The van der Waals surface area contributed by atoms with Crippen LogP contribution in [0.1, 0.15) is 12.6 Å². The van der Waals surface area contributed by atoms with Crippen LogP contribution in [0.3, 0.4) is 0 Å². The highest BCUT2D eigenvalue weighted by Crippen LogP contribution is 2.23. The van der Waals surface area contributed by atoms with Crippen molar-refractivity contribution in [3.8, 4) is 10.6 Å². The van der Waals surface area contributed by atoms with Crippen molar-refractivity contribution in [1.82, 2.24) is 20.0 Å². The Morgan fingerprint density at radius 1 is 1.47 bits per heavy atom. The summed E-state index contributed by atoms with van der Waals surface area (Å²) in [5.74, 6) is 0. The summed E-state index contributed by atoms with van der Waals surface area (Å²) in [5.41, 5.74) is 1.17. The molecule has 0 saturated carbocycles. The van der Waals surface area contributed by atoms with Crippen molar-refractivity contribution < 1.29 is 0 Å². The summed E-state index contributed by atoms with van der Waals surface area (Å²) in [6, 6.07) is 1.73. The quantitative estimate of drug-likeness (QED) is 0.882. The number of anilines is 1. The summed E-state index contributed by atoms with van der Waals surface area (Å²) in [4.78, 5) is 11.9. The molecule has 0 fully saturated rings. The molecule has 2 aromatic heterocycles. The van der Waals surface area contributed by atoms with E-state index in [-0.39, 0.29) is 5.56 Å². The fourth-order valence-corrected chi connectivity index (χ4v) is 2.28. The second-order valence-electron chi connectivity index (χ2n) is 3.57. The topological polar surface area (TPSA) is 72.7 Å². The summed E-state index contributed by atoms with van der Waals surface area (Å²) in [5, 5.41) is 16.4. The minimum absolute atomic E-state index is 0.158. The van der Waals surface area contributed by atoms with Crippen LogP contribution in [0.2, 0.25) is 0 Å². The zero-order valence-electron chi connectivity index (χ0n) is 9.89. The van der Waals surface area contributed by atoms with Gasteiger partial charge in [-0.3, -0.25) is 4.79 Å². The third-order valence-corrected chi connectivity index (χ3v) is 3.08. The maximum atomic E-state index is 11.9. The van der Waals surface area contributed by atoms with Gasteiger partial charge in [0.15, 0.2) is 5.01 Å². The second-order valence-corrected chi connectivity index (χ2v) is 4.55. The van der Waals surface area contributed by atoms with E-state index >= 15 is 0 Å². The number of hydrogen-bond acceptors (Lipinski definition) is 6. The van der Waals surface area contributed by atoms with Crippen molar-refractivity contribution in [3.63, 3.8) is 0 Å². The summed E-state index contributed by atoms with van der Waals surface area (Å²) >= 11 is 1.37. The maximum Gasteiger partial charge on any atom is 0.276 e. The minimum atomic E-state index is -0.158. The van der Waals surface area contributed by atoms with Gasteiger partial charge in [-0.05, 0) is 19.9 Å². The Morgan fingerprint density at radius 3 is 2.94 bits per heavy atom. The normalized spacial score (nSPS) is 10.5. The van der Waals surface area contributed by atoms with Gasteiger partial charge in [0.25, 0.3) is 5.56 Å². The monoisotopic (exact) mass is 251 g/mol. The van der Waals surface area contributed by atoms with E-state index in [0.29, 0.717) is 10.6 Å². The molecule has 0 saturated heterocycles. The van der Waals surface area contributed by atoms with Gasteiger partial charge in [-0.2, -0.15) is 5.10 Å². The molecule has 7 heteroatoms. The maximum absolute atomic E-state index is 11.9. The number of nitrogens with zero attached hydrogens (tertiary/aromatic N) is 4. The van der Waals surface area contributed by atoms with Crippen LogP contribution in [0, 0.1) is 6.92 Å². The lowest BCUT2D eigenvalue weighted by atomic mass is 10.3. The van der Waals surface area contributed by atoms with Crippen LogP contribution in [0.4, 0.5) is 5.13 Å². The Balaban J connectivity index is 2.48. The third-order valence-electron chi connectivity index (χ3n) is 2.17. The number of rotatable bonds is 3. The highest BCUT2D eigenvalue weighted by atomic mass is 32.1. The van der Waals surface area contributed by atoms with Gasteiger partial charge < -0.3 is 5.32 Å². The molecule has 17 heavy (non-hydrogen) atoms. The average molecular weight is 251 g/mol. The summed E-state index contributed by atoms with van der Waals surface area (Å²) in [6.07, 6.45) is 0. The standard InChI is InChI=1S/C10H13N5OS/c1-4-11-10-13-12-8(17-10)7-5-6(2)14-15(3)9(7)16/h5H,4H2,1-3H3,(H,11,13). The molecule has 90 valence electrons. The molecule has 0 aliphatic rings. The highest BCUT2D eigenvalue weighted by Gasteiger charge is 2.12. The average Bonchev–Trinajstić information content (AvgIpc) is 2.72. The largest absolute Gasteiger partial charge is 0.360 e. The van der Waals surface area contributed by atoms with Gasteiger partial charge in [0.1, 0.15) is 0 Å². The van der Waals surface area contributed by atoms with Crippen molar-refractivity contribution >= 4 is 16.5 Å². The lowest BCUT2D eigenvalue weighted by Gasteiger charge is -2.00. The fourth-order valence-electron chi connectivity index (χ4n) is 1.46. The number of nitrogens with one attached hydrogen (secondary N) is 1. The van der Waals surface area contributed by atoms with E-state index in [1.54, 1.807) is 13.1 Å². The number of aryl methyl sites for hydroxylation is 2. The van der Waals surface area contributed by atoms with Gasteiger partial charge in [-0.15, -0.1) is 10.2 Å². The molecular weight excluding hydrogens is 238 g/mol. The van der Waals surface area contributed by atoms with Crippen LogP contribution in [0.25, 0.3) is 10.6 Å². The molecule has 0 radical (unpaired) electrons. The first-order valence-electron chi connectivity index (χ1n) is 5.24. The van der Waals surface area contributed by atoms with Crippen molar-refractivity contribution in [2.24, 2.45) is 7.05 Å². The van der Waals surface area contributed by atoms with Crippen LogP contribution >= 0.6 is 11.3 Å². The molecule has 2 heterocycles. The second kappa shape index (κ2) is 4.62. The van der Waals surface area contributed by atoms with Crippen LogP contribution in [0.15, 0.2) is 10.9 Å². The molecule has 0 unspecified atom stereocenters. The summed E-state index contributed by atoms with van der Waals surface area (Å²) in [6.45, 7) is 4.61. The molecule has 0 atom stereocenters. The SMILES string of the molecule is CCNc1nnc(-c2cc(C)nn(C)c2=O)s1. The molecule has 0 aliphatic heterocycles. The van der Waals surface area contributed by atoms with Crippen molar-refractivity contribution in [1.29, 1.82) is 0 Å². The number of aromatic nitrogens is 4. The van der Waals surface area contributed by atoms with Crippen LogP contribution < -0.4 is 10.9 Å². The molecule has 0 amide bonds. The zero-order chi connectivity index (χ0) is 12.4. The van der Waals surface area contributed by atoms with E-state index < -0.39 is 0 Å². The van der Waals surface area contributed by atoms with Crippen molar-refractivity contribution in [2.75, 3.05) is 11.9 Å². The van der Waals surface area contributed by atoms with E-state index in [4.69, 9.17) is 0 Å². The van der Waals surface area contributed by atoms with Crippen LogP contribution in [-0.4, -0.2) is 26.5 Å². The van der Waals surface area contributed by atoms with Gasteiger partial charge in [-0.1, -0.05) is 11.3 Å². The van der Waals surface area contributed by atoms with Gasteiger partial charge in [0.05, 0.1) is 11.3 Å². The highest BCUT2D eigenvalue weighted by molar-refractivity contribution is 7.18. The van der Waals surface area contributed by atoms with E-state index in [0.717, 1.165) is 17.4 Å². The van der Waals surface area contributed by atoms with Gasteiger partial charge in [-0.25, -0.2) is 4.68 Å². The molecule has 0 spiro atoms. The molecule has 6 nitrogen and oxygen atoms in total. The zero-order valence-corrected chi connectivity index (χ0v) is 10.7. The Hall–Kier alpha value is -1.76. The first-order chi connectivity index (χ1) is 8.11. The van der Waals surface area contributed by atoms with Crippen molar-refractivity contribution in [3.05, 3.63) is 22.1 Å². The van der Waals surface area contributed by atoms with Crippen molar-refractivity contribution in [2.45, 2.75) is 13.8 Å². The predicted molar refractivity (Wildman–Crippen MR) is 67.3 cm³/mol. The third kappa shape index (κ3) is 2.33. The molecule has 0 aliphatic carbocycles. The molecule has 0 aromatic carbocycles. The first kappa shape index (κ1) is 11.7. The van der Waals surface area contributed by atoms with E-state index in [1.807, 2.05) is 13.8 Å². The van der Waals surface area contributed by atoms with E-state index in [9.17, 15) is 4.79 Å². The van der Waals surface area contributed by atoms with E-state index in [1.165, 1.54) is 16.0 Å². The number of hydrogen-bond donors (Lipinski definition) is 1. The van der Waals surface area contributed by atoms with Gasteiger partial charge in [0, 0.05) is 13.6 Å². The van der Waals surface area contributed by atoms with Gasteiger partial charge >= 0.3 is 0 Å². The lowest BCUT2D eigenvalue weighted by Crippen LogP contribution is -2.21. The van der Waals surface area contributed by atoms with E-state index in [2.05, 4.69) is 20.6 Å². The lowest BCUT2D eigenvalue weighted by molar-refractivity contribution is 0.694. The predicted octanol–water partition coefficient (Wildman–Crippen LogP) is 1.04. The minimum Gasteiger partial charge on any atom is -0.360 e. The van der Waals surface area contributed by atoms with Crippen LogP contribution in [0.5, 0.6) is 0 Å². The molecule has 2 aromatic rings. The molecular formula is C10H13N5OS. The molecule has 2 rings (SSSR count). The van der Waals surface area contributed by atoms with Gasteiger partial charge in [0.2, 0.25) is 5.13 Å². The fraction of sp³-hybridized carbons (Fsp3) is 0.400. The first-order valence-corrected chi connectivity index (χ1v) is 6.06. The summed E-state index contributed by atoms with van der Waals surface area (Å²) in [7, 11) is 1.63. The summed E-state index contributed by atoms with van der Waals surface area (Å²) < 4.78 is 1.32. The molecule has 1 N–H and O–H groups in total. The Kier molecular flexibility index (Phi) is 3.19. The Bertz CT molecular complexity index is 589. The smallest absolute Gasteiger partial charge is 0.276 e. The Labute approximate surface area is 102 Å². The Morgan fingerprint density at radius 2 is 2.24 bits per heavy atom.